The fourth-order valence-corrected chi connectivity index (χ4v) is 4.50. The van der Waals surface area contributed by atoms with Gasteiger partial charge < -0.3 is 14.2 Å². The van der Waals surface area contributed by atoms with Gasteiger partial charge in [-0.05, 0) is 47.9 Å². The molecule has 0 radical (unpaired) electrons. The molecular formula is C26H25NO7S. The van der Waals surface area contributed by atoms with E-state index in [2.05, 4.69) is 18.6 Å². The summed E-state index contributed by atoms with van der Waals surface area (Å²) in [5.41, 5.74) is 2.03. The lowest BCUT2D eigenvalue weighted by Crippen LogP contribution is -2.17. The quantitative estimate of drug-likeness (QED) is 0.364. The van der Waals surface area contributed by atoms with Crippen molar-refractivity contribution in [2.24, 2.45) is 0 Å². The van der Waals surface area contributed by atoms with E-state index in [0.717, 1.165) is 5.56 Å². The van der Waals surface area contributed by atoms with E-state index in [1.54, 1.807) is 18.2 Å². The number of carbonyl (C=O) groups is 2. The highest BCUT2D eigenvalue weighted by atomic mass is 32.2. The van der Waals surface area contributed by atoms with Crippen LogP contribution in [0.5, 0.6) is 11.5 Å². The van der Waals surface area contributed by atoms with Gasteiger partial charge in [0, 0.05) is 17.3 Å². The maximum atomic E-state index is 12.7. The molecule has 0 spiro atoms. The van der Waals surface area contributed by atoms with Gasteiger partial charge in [-0.1, -0.05) is 38.1 Å². The van der Waals surface area contributed by atoms with E-state index in [1.165, 1.54) is 36.4 Å². The first-order chi connectivity index (χ1) is 16.7. The number of nitrogens with one attached hydrogen (secondary N) is 1. The van der Waals surface area contributed by atoms with E-state index < -0.39 is 22.6 Å². The van der Waals surface area contributed by atoms with Gasteiger partial charge in [-0.3, -0.25) is 9.52 Å². The van der Waals surface area contributed by atoms with Crippen LogP contribution in [0.15, 0.2) is 71.6 Å². The molecule has 0 fully saturated rings. The molecular weight excluding hydrogens is 470 g/mol. The Morgan fingerprint density at radius 1 is 0.886 bits per heavy atom. The summed E-state index contributed by atoms with van der Waals surface area (Å²) in [6.07, 6.45) is 0. The number of hydrogen-bond acceptors (Lipinski definition) is 7. The maximum Gasteiger partial charge on any atom is 0.338 e. The largest absolute Gasteiger partial charge is 0.486 e. The summed E-state index contributed by atoms with van der Waals surface area (Å²) in [5.74, 6) is 0.216. The fourth-order valence-electron chi connectivity index (χ4n) is 3.43. The van der Waals surface area contributed by atoms with E-state index in [1.807, 2.05) is 12.1 Å². The second kappa shape index (κ2) is 10.2. The van der Waals surface area contributed by atoms with Crippen molar-refractivity contribution in [2.45, 2.75) is 24.7 Å². The lowest BCUT2D eigenvalue weighted by molar-refractivity contribution is 0.0475. The van der Waals surface area contributed by atoms with Gasteiger partial charge in [-0.25, -0.2) is 13.2 Å². The van der Waals surface area contributed by atoms with Crippen LogP contribution >= 0.6 is 0 Å². The van der Waals surface area contributed by atoms with Crippen molar-refractivity contribution in [1.29, 1.82) is 0 Å². The van der Waals surface area contributed by atoms with Gasteiger partial charge in [-0.15, -0.1) is 0 Å². The van der Waals surface area contributed by atoms with E-state index >= 15 is 0 Å². The van der Waals surface area contributed by atoms with Crippen LogP contribution in [0.2, 0.25) is 0 Å². The Balaban J connectivity index is 1.35. The number of hydrogen-bond donors (Lipinski definition) is 1. The first kappa shape index (κ1) is 24.3. The number of anilines is 1. The van der Waals surface area contributed by atoms with Crippen molar-refractivity contribution in [2.75, 3.05) is 24.5 Å². The van der Waals surface area contributed by atoms with Crippen molar-refractivity contribution < 1.29 is 32.2 Å². The molecule has 0 atom stereocenters. The van der Waals surface area contributed by atoms with Gasteiger partial charge in [0.05, 0.1) is 10.5 Å². The molecule has 1 N–H and O–H groups in total. The van der Waals surface area contributed by atoms with E-state index in [9.17, 15) is 18.0 Å². The maximum absolute atomic E-state index is 12.7. The Bertz CT molecular complexity index is 1330. The highest BCUT2D eigenvalue weighted by Gasteiger charge is 2.20. The van der Waals surface area contributed by atoms with Gasteiger partial charge in [0.2, 0.25) is 0 Å². The molecule has 0 aromatic heterocycles. The summed E-state index contributed by atoms with van der Waals surface area (Å²) >= 11 is 0. The SMILES string of the molecule is CC(C)c1ccc(C(=O)COC(=O)c2ccc(NS(=O)(=O)c3ccc4c(c3)OCCO4)cc2)cc1. The Morgan fingerprint density at radius 3 is 2.17 bits per heavy atom. The average Bonchev–Trinajstić information content (AvgIpc) is 2.87. The van der Waals surface area contributed by atoms with Crippen LogP contribution in [0.3, 0.4) is 0 Å². The molecule has 0 amide bonds. The van der Waals surface area contributed by atoms with Crippen molar-refractivity contribution in [1.82, 2.24) is 0 Å². The van der Waals surface area contributed by atoms with Crippen LogP contribution in [0.25, 0.3) is 0 Å². The summed E-state index contributed by atoms with van der Waals surface area (Å²) in [5, 5.41) is 0. The van der Waals surface area contributed by atoms with E-state index in [-0.39, 0.29) is 21.9 Å². The number of fused-ring (bicyclic) bond motifs is 1. The number of ether oxygens (including phenoxy) is 3. The normalized spacial score (nSPS) is 12.8. The van der Waals surface area contributed by atoms with Crippen LogP contribution in [-0.4, -0.2) is 40.0 Å². The molecule has 0 aliphatic carbocycles. The highest BCUT2D eigenvalue weighted by Crippen LogP contribution is 2.32. The number of ketones is 1. The third kappa shape index (κ3) is 5.81. The van der Waals surface area contributed by atoms with Crippen LogP contribution in [-0.2, 0) is 14.8 Å². The minimum absolute atomic E-state index is 0.0187. The Labute approximate surface area is 203 Å². The molecule has 1 aliphatic rings. The molecule has 0 saturated heterocycles. The standard InChI is InChI=1S/C26H25NO7S/c1-17(2)18-3-5-19(6-4-18)23(28)16-34-26(29)20-7-9-21(10-8-20)27-35(30,31)22-11-12-24-25(15-22)33-14-13-32-24/h3-12,15,17,27H,13-14,16H2,1-2H3. The average molecular weight is 496 g/mol. The zero-order valence-electron chi connectivity index (χ0n) is 19.3. The molecule has 1 heterocycles. The van der Waals surface area contributed by atoms with Crippen molar-refractivity contribution >= 4 is 27.5 Å². The number of esters is 1. The second-order valence-corrected chi connectivity index (χ2v) is 9.95. The van der Waals surface area contributed by atoms with Crippen LogP contribution in [0, 0.1) is 0 Å². The predicted octanol–water partition coefficient (Wildman–Crippen LogP) is 4.42. The summed E-state index contributed by atoms with van der Waals surface area (Å²) in [4.78, 5) is 24.7. The van der Waals surface area contributed by atoms with Gasteiger partial charge in [0.1, 0.15) is 13.2 Å². The second-order valence-electron chi connectivity index (χ2n) is 8.26. The molecule has 182 valence electrons. The topological polar surface area (TPSA) is 108 Å². The Kier molecular flexibility index (Phi) is 7.07. The number of sulfonamides is 1. The zero-order valence-corrected chi connectivity index (χ0v) is 20.1. The van der Waals surface area contributed by atoms with Gasteiger partial charge in [0.25, 0.3) is 10.0 Å². The van der Waals surface area contributed by atoms with Crippen molar-refractivity contribution in [3.05, 3.63) is 83.4 Å². The summed E-state index contributed by atoms with van der Waals surface area (Å²) in [6, 6.07) is 17.3. The number of carbonyl (C=O) groups excluding carboxylic acids is 2. The summed E-state index contributed by atoms with van der Waals surface area (Å²) in [7, 11) is -3.89. The Morgan fingerprint density at radius 2 is 1.51 bits per heavy atom. The molecule has 1 aliphatic heterocycles. The molecule has 35 heavy (non-hydrogen) atoms. The minimum atomic E-state index is -3.89. The first-order valence-electron chi connectivity index (χ1n) is 11.1. The Hall–Kier alpha value is -3.85. The van der Waals surface area contributed by atoms with Crippen molar-refractivity contribution in [3.63, 3.8) is 0 Å². The molecule has 8 nitrogen and oxygen atoms in total. The lowest BCUT2D eigenvalue weighted by atomic mass is 10.0. The molecule has 0 unspecified atom stereocenters. The molecule has 4 rings (SSSR count). The third-order valence-corrected chi connectivity index (χ3v) is 6.81. The minimum Gasteiger partial charge on any atom is -0.486 e. The van der Waals surface area contributed by atoms with Gasteiger partial charge in [0.15, 0.2) is 23.9 Å². The third-order valence-electron chi connectivity index (χ3n) is 5.43. The zero-order chi connectivity index (χ0) is 25.0. The van der Waals surface area contributed by atoms with Gasteiger partial charge in [-0.2, -0.15) is 0 Å². The smallest absolute Gasteiger partial charge is 0.338 e. The monoisotopic (exact) mass is 495 g/mol. The summed E-state index contributed by atoms with van der Waals surface area (Å²) < 4.78 is 43.9. The number of rotatable bonds is 8. The van der Waals surface area contributed by atoms with Crippen LogP contribution < -0.4 is 14.2 Å². The molecule has 0 saturated carbocycles. The predicted molar refractivity (Wildman–Crippen MR) is 130 cm³/mol. The molecule has 3 aromatic carbocycles. The van der Waals surface area contributed by atoms with Gasteiger partial charge >= 0.3 is 5.97 Å². The van der Waals surface area contributed by atoms with E-state index in [0.29, 0.717) is 36.2 Å². The van der Waals surface area contributed by atoms with E-state index in [4.69, 9.17) is 14.2 Å². The van der Waals surface area contributed by atoms with Crippen LogP contribution in [0.4, 0.5) is 5.69 Å². The highest BCUT2D eigenvalue weighted by molar-refractivity contribution is 7.92. The first-order valence-corrected chi connectivity index (χ1v) is 12.5. The fraction of sp³-hybridized carbons (Fsp3) is 0.231. The number of Topliss-reactive ketones (excluding diaryl/α,β-unsaturated/α-hetero) is 1. The molecule has 0 bridgehead atoms. The molecule has 9 heteroatoms. The summed E-state index contributed by atoms with van der Waals surface area (Å²) in [6.45, 7) is 4.49. The van der Waals surface area contributed by atoms with Crippen LogP contribution in [0.1, 0.15) is 46.0 Å². The molecule has 3 aromatic rings. The number of benzene rings is 3. The van der Waals surface area contributed by atoms with Crippen molar-refractivity contribution in [3.8, 4) is 11.5 Å². The lowest BCUT2D eigenvalue weighted by Gasteiger charge is -2.19.